The zero-order valence-electron chi connectivity index (χ0n) is 20.4. The van der Waals surface area contributed by atoms with Crippen LogP contribution in [0.5, 0.6) is 0 Å². The van der Waals surface area contributed by atoms with E-state index >= 15 is 0 Å². The largest absolute Gasteiger partial charge is 0.348 e. The highest BCUT2D eigenvalue weighted by molar-refractivity contribution is 6.31. The minimum atomic E-state index is -0.514. The molecule has 0 radical (unpaired) electrons. The number of rotatable bonds is 6. The highest BCUT2D eigenvalue weighted by Gasteiger charge is 2.17. The van der Waals surface area contributed by atoms with Crippen molar-refractivity contribution in [2.75, 3.05) is 0 Å². The fraction of sp³-hybridized carbons (Fsp3) is 0.100. The zero-order valence-corrected chi connectivity index (χ0v) is 22.0. The number of hydrogen-bond donors (Lipinski definition) is 1. The standard InChI is InChI=1S/C30H23Cl2N3O3/c1-19-9-12-24(13-10-19)35-29(37)25-14-11-21(28(36)33-17-22-6-2-3-8-26(22)32)16-27(25)34(30(35)38)18-20-5-4-7-23(31)15-20/h2-16H,17-18H2,1H3,(H,33,36). The first-order valence-electron chi connectivity index (χ1n) is 11.9. The van der Waals surface area contributed by atoms with Crippen molar-refractivity contribution in [1.29, 1.82) is 0 Å². The molecule has 190 valence electrons. The van der Waals surface area contributed by atoms with E-state index in [9.17, 15) is 14.4 Å². The minimum absolute atomic E-state index is 0.159. The smallest absolute Gasteiger partial charge is 0.336 e. The predicted octanol–water partition coefficient (Wildman–Crippen LogP) is 5.75. The molecule has 5 rings (SSSR count). The summed E-state index contributed by atoms with van der Waals surface area (Å²) in [5, 5.41) is 4.26. The molecule has 1 amide bonds. The lowest BCUT2D eigenvalue weighted by Gasteiger charge is -2.16. The summed E-state index contributed by atoms with van der Waals surface area (Å²) < 4.78 is 2.65. The molecule has 1 heterocycles. The normalized spacial score (nSPS) is 11.0. The molecule has 0 aliphatic carbocycles. The number of carbonyl (C=O) groups is 1. The van der Waals surface area contributed by atoms with Crippen LogP contribution in [0.3, 0.4) is 0 Å². The van der Waals surface area contributed by atoms with Gasteiger partial charge in [0.1, 0.15) is 0 Å². The van der Waals surface area contributed by atoms with Gasteiger partial charge >= 0.3 is 5.69 Å². The second kappa shape index (κ2) is 10.7. The Morgan fingerprint density at radius 2 is 1.63 bits per heavy atom. The first-order valence-corrected chi connectivity index (χ1v) is 12.7. The molecule has 1 aromatic heterocycles. The van der Waals surface area contributed by atoms with Crippen molar-refractivity contribution in [1.82, 2.24) is 14.5 Å². The number of nitrogens with zero attached hydrogens (tertiary/aromatic N) is 2. The van der Waals surface area contributed by atoms with Crippen molar-refractivity contribution in [3.05, 3.63) is 144 Å². The third-order valence-electron chi connectivity index (χ3n) is 6.33. The third-order valence-corrected chi connectivity index (χ3v) is 6.93. The van der Waals surface area contributed by atoms with Crippen LogP contribution in [0.25, 0.3) is 16.6 Å². The van der Waals surface area contributed by atoms with Crippen molar-refractivity contribution in [2.45, 2.75) is 20.0 Å². The Bertz CT molecular complexity index is 1790. The molecule has 6 nitrogen and oxygen atoms in total. The third kappa shape index (κ3) is 5.14. The summed E-state index contributed by atoms with van der Waals surface area (Å²) in [4.78, 5) is 40.4. The van der Waals surface area contributed by atoms with Crippen LogP contribution in [0.1, 0.15) is 27.0 Å². The van der Waals surface area contributed by atoms with E-state index in [-0.39, 0.29) is 19.0 Å². The van der Waals surface area contributed by atoms with Gasteiger partial charge in [-0.05, 0) is 66.6 Å². The van der Waals surface area contributed by atoms with E-state index in [0.29, 0.717) is 32.2 Å². The van der Waals surface area contributed by atoms with Crippen molar-refractivity contribution < 1.29 is 4.79 Å². The number of aromatic nitrogens is 2. The number of nitrogens with one attached hydrogen (secondary N) is 1. The maximum absolute atomic E-state index is 13.8. The van der Waals surface area contributed by atoms with Crippen LogP contribution in [0.4, 0.5) is 0 Å². The number of benzene rings is 4. The van der Waals surface area contributed by atoms with Crippen molar-refractivity contribution >= 4 is 40.0 Å². The molecular formula is C30H23Cl2N3O3. The summed E-state index contributed by atoms with van der Waals surface area (Å²) in [6.45, 7) is 2.33. The fourth-order valence-corrected chi connectivity index (χ4v) is 4.74. The number of carbonyl (C=O) groups excluding carboxylic acids is 1. The number of aryl methyl sites for hydroxylation is 1. The number of halogens is 2. The van der Waals surface area contributed by atoms with Crippen LogP contribution < -0.4 is 16.6 Å². The molecule has 1 N–H and O–H groups in total. The molecule has 5 aromatic rings. The maximum atomic E-state index is 13.8. The Kier molecular flexibility index (Phi) is 7.18. The van der Waals surface area contributed by atoms with Crippen LogP contribution in [0.2, 0.25) is 10.0 Å². The number of hydrogen-bond acceptors (Lipinski definition) is 3. The summed E-state index contributed by atoms with van der Waals surface area (Å²) in [5.41, 5.74) is 2.73. The Labute approximate surface area is 228 Å². The highest BCUT2D eigenvalue weighted by Crippen LogP contribution is 2.18. The second-order valence-corrected chi connectivity index (χ2v) is 9.82. The van der Waals surface area contributed by atoms with Gasteiger partial charge in [-0.25, -0.2) is 9.36 Å². The second-order valence-electron chi connectivity index (χ2n) is 8.98. The number of amides is 1. The Balaban J connectivity index is 1.63. The van der Waals surface area contributed by atoms with Crippen LogP contribution in [0.15, 0.2) is 101 Å². The summed E-state index contributed by atoms with van der Waals surface area (Å²) in [6.07, 6.45) is 0. The first kappa shape index (κ1) is 25.5. The van der Waals surface area contributed by atoms with E-state index < -0.39 is 11.2 Å². The van der Waals surface area contributed by atoms with E-state index in [1.807, 2.05) is 43.3 Å². The van der Waals surface area contributed by atoms with Gasteiger partial charge in [0.05, 0.1) is 23.1 Å². The molecule has 0 atom stereocenters. The molecule has 0 aliphatic heterocycles. The molecule has 0 spiro atoms. The predicted molar refractivity (Wildman–Crippen MR) is 152 cm³/mol. The van der Waals surface area contributed by atoms with Gasteiger partial charge in [-0.3, -0.25) is 14.2 Å². The molecular weight excluding hydrogens is 521 g/mol. The lowest BCUT2D eigenvalue weighted by atomic mass is 10.1. The van der Waals surface area contributed by atoms with Crippen molar-refractivity contribution in [2.24, 2.45) is 0 Å². The Hall–Kier alpha value is -4.13. The van der Waals surface area contributed by atoms with Gasteiger partial charge in [0, 0.05) is 22.2 Å². The van der Waals surface area contributed by atoms with Gasteiger partial charge in [0.2, 0.25) is 0 Å². The van der Waals surface area contributed by atoms with Gasteiger partial charge in [-0.15, -0.1) is 0 Å². The molecule has 38 heavy (non-hydrogen) atoms. The zero-order chi connectivity index (χ0) is 26.8. The monoisotopic (exact) mass is 543 g/mol. The van der Waals surface area contributed by atoms with E-state index in [1.54, 1.807) is 54.6 Å². The molecule has 0 unspecified atom stereocenters. The average Bonchev–Trinajstić information content (AvgIpc) is 2.91. The molecule has 0 bridgehead atoms. The molecule has 0 aliphatic rings. The van der Waals surface area contributed by atoms with Crippen LogP contribution >= 0.6 is 23.2 Å². The molecule has 4 aromatic carbocycles. The molecule has 0 saturated heterocycles. The Morgan fingerprint density at radius 3 is 2.37 bits per heavy atom. The quantitative estimate of drug-likeness (QED) is 0.296. The lowest BCUT2D eigenvalue weighted by molar-refractivity contribution is 0.0951. The van der Waals surface area contributed by atoms with Crippen LogP contribution in [-0.2, 0) is 13.1 Å². The van der Waals surface area contributed by atoms with Crippen LogP contribution in [-0.4, -0.2) is 15.0 Å². The van der Waals surface area contributed by atoms with Gasteiger partial charge in [0.25, 0.3) is 11.5 Å². The summed E-state index contributed by atoms with van der Waals surface area (Å²) in [5.74, 6) is -0.351. The van der Waals surface area contributed by atoms with Crippen molar-refractivity contribution in [3.63, 3.8) is 0 Å². The molecule has 0 saturated carbocycles. The topological polar surface area (TPSA) is 73.1 Å². The SMILES string of the molecule is Cc1ccc(-n2c(=O)c3ccc(C(=O)NCc4ccccc4Cl)cc3n(Cc3cccc(Cl)c3)c2=O)cc1. The minimum Gasteiger partial charge on any atom is -0.348 e. The maximum Gasteiger partial charge on any atom is 0.336 e. The first-order chi connectivity index (χ1) is 18.3. The highest BCUT2D eigenvalue weighted by atomic mass is 35.5. The molecule has 8 heteroatoms. The molecule has 0 fully saturated rings. The van der Waals surface area contributed by atoms with Crippen molar-refractivity contribution in [3.8, 4) is 5.69 Å². The van der Waals surface area contributed by atoms with E-state index in [4.69, 9.17) is 23.2 Å². The van der Waals surface area contributed by atoms with Crippen LogP contribution in [0, 0.1) is 6.92 Å². The Morgan fingerprint density at radius 1 is 0.868 bits per heavy atom. The lowest BCUT2D eigenvalue weighted by Crippen LogP contribution is -2.39. The summed E-state index contributed by atoms with van der Waals surface area (Å²) in [7, 11) is 0. The number of fused-ring (bicyclic) bond motifs is 1. The summed E-state index contributed by atoms with van der Waals surface area (Å²) in [6, 6.07) is 26.3. The van der Waals surface area contributed by atoms with E-state index in [2.05, 4.69) is 5.32 Å². The van der Waals surface area contributed by atoms with Gasteiger partial charge in [0.15, 0.2) is 0 Å². The average molecular weight is 544 g/mol. The van der Waals surface area contributed by atoms with E-state index in [1.165, 1.54) is 4.57 Å². The van der Waals surface area contributed by atoms with Gasteiger partial charge in [-0.2, -0.15) is 0 Å². The fourth-order valence-electron chi connectivity index (χ4n) is 4.32. The van der Waals surface area contributed by atoms with Gasteiger partial charge in [-0.1, -0.05) is 71.2 Å². The van der Waals surface area contributed by atoms with E-state index in [0.717, 1.165) is 21.3 Å². The van der Waals surface area contributed by atoms with Gasteiger partial charge < -0.3 is 5.32 Å². The summed E-state index contributed by atoms with van der Waals surface area (Å²) >= 11 is 12.4.